The highest BCUT2D eigenvalue weighted by Gasteiger charge is 2.21. The molecule has 2 rings (SSSR count). The van der Waals surface area contributed by atoms with Crippen LogP contribution in [-0.4, -0.2) is 30.1 Å². The molecule has 1 saturated heterocycles. The molecule has 3 N–H and O–H groups in total. The molecule has 20 heavy (non-hydrogen) atoms. The fourth-order valence-corrected chi connectivity index (χ4v) is 2.16. The quantitative estimate of drug-likeness (QED) is 0.493. The van der Waals surface area contributed by atoms with Crippen LogP contribution in [0.1, 0.15) is 29.6 Å². The van der Waals surface area contributed by atoms with Gasteiger partial charge in [0.1, 0.15) is 5.56 Å². The zero-order chi connectivity index (χ0) is 14.5. The second-order valence-corrected chi connectivity index (χ2v) is 4.73. The Balaban J connectivity index is 2.04. The molecule has 1 aliphatic heterocycles. The van der Waals surface area contributed by atoms with Crippen LogP contribution in [0.25, 0.3) is 0 Å². The molecule has 7 heteroatoms. The number of hydrogen-bond acceptors (Lipinski definition) is 5. The maximum atomic E-state index is 12.0. The first-order valence-corrected chi connectivity index (χ1v) is 6.51. The summed E-state index contributed by atoms with van der Waals surface area (Å²) in [5, 5.41) is 13.6. The van der Waals surface area contributed by atoms with Gasteiger partial charge in [-0.25, -0.2) is 0 Å². The average Bonchev–Trinajstić information content (AvgIpc) is 2.45. The van der Waals surface area contributed by atoms with E-state index >= 15 is 0 Å². The van der Waals surface area contributed by atoms with E-state index in [1.165, 1.54) is 18.2 Å². The van der Waals surface area contributed by atoms with Crippen molar-refractivity contribution in [1.82, 2.24) is 5.32 Å². The second-order valence-electron chi connectivity index (χ2n) is 4.73. The molecule has 1 amide bonds. The highest BCUT2D eigenvalue weighted by Crippen LogP contribution is 2.21. The van der Waals surface area contributed by atoms with E-state index in [2.05, 4.69) is 5.32 Å². The van der Waals surface area contributed by atoms with Crippen molar-refractivity contribution >= 4 is 17.3 Å². The maximum Gasteiger partial charge on any atom is 0.282 e. The lowest BCUT2D eigenvalue weighted by molar-refractivity contribution is -0.385. The first-order chi connectivity index (χ1) is 9.58. The van der Waals surface area contributed by atoms with Crippen molar-refractivity contribution in [2.45, 2.75) is 25.4 Å². The first kappa shape index (κ1) is 14.3. The minimum Gasteiger partial charge on any atom is -0.399 e. The van der Waals surface area contributed by atoms with Crippen LogP contribution in [0.15, 0.2) is 18.2 Å². The van der Waals surface area contributed by atoms with E-state index in [9.17, 15) is 14.9 Å². The summed E-state index contributed by atoms with van der Waals surface area (Å²) >= 11 is 0. The first-order valence-electron chi connectivity index (χ1n) is 6.51. The predicted octanol–water partition coefficient (Wildman–Crippen LogP) is 1.48. The zero-order valence-electron chi connectivity index (χ0n) is 11.0. The number of amides is 1. The number of nitro benzene ring substituents is 1. The Morgan fingerprint density at radius 2 is 2.30 bits per heavy atom. The van der Waals surface area contributed by atoms with Crippen molar-refractivity contribution in [3.05, 3.63) is 33.9 Å². The molecular weight excluding hydrogens is 262 g/mol. The van der Waals surface area contributed by atoms with Crippen molar-refractivity contribution in [2.24, 2.45) is 0 Å². The molecular formula is C13H17N3O4. The van der Waals surface area contributed by atoms with Gasteiger partial charge < -0.3 is 15.8 Å². The molecule has 0 radical (unpaired) electrons. The van der Waals surface area contributed by atoms with E-state index in [0.717, 1.165) is 19.3 Å². The zero-order valence-corrected chi connectivity index (χ0v) is 11.0. The molecule has 0 aliphatic carbocycles. The number of nitro groups is 1. The van der Waals surface area contributed by atoms with Crippen molar-refractivity contribution < 1.29 is 14.5 Å². The fraction of sp³-hybridized carbons (Fsp3) is 0.462. The van der Waals surface area contributed by atoms with E-state index in [1.54, 1.807) is 0 Å². The van der Waals surface area contributed by atoms with Gasteiger partial charge in [0.25, 0.3) is 11.6 Å². The molecule has 7 nitrogen and oxygen atoms in total. The van der Waals surface area contributed by atoms with Gasteiger partial charge in [-0.2, -0.15) is 0 Å². The standard InChI is InChI=1S/C13H17N3O4/c14-9-4-5-12(16(18)19)11(7-9)13(17)15-8-10-3-1-2-6-20-10/h4-5,7,10H,1-3,6,8,14H2,(H,15,17). The minimum atomic E-state index is -0.592. The van der Waals surface area contributed by atoms with Crippen LogP contribution in [-0.2, 0) is 4.74 Å². The summed E-state index contributed by atoms with van der Waals surface area (Å²) in [6, 6.07) is 3.95. The summed E-state index contributed by atoms with van der Waals surface area (Å²) in [5.74, 6) is -0.502. The van der Waals surface area contributed by atoms with E-state index in [-0.39, 0.29) is 17.4 Å². The fourth-order valence-electron chi connectivity index (χ4n) is 2.16. The maximum absolute atomic E-state index is 12.0. The Labute approximate surface area is 116 Å². The lowest BCUT2D eigenvalue weighted by atomic mass is 10.1. The average molecular weight is 279 g/mol. The molecule has 1 fully saturated rings. The molecule has 1 atom stereocenters. The Hall–Kier alpha value is -2.15. The van der Waals surface area contributed by atoms with Crippen LogP contribution < -0.4 is 11.1 Å². The molecule has 1 aromatic rings. The number of benzene rings is 1. The highest BCUT2D eigenvalue weighted by molar-refractivity contribution is 5.99. The summed E-state index contributed by atoms with van der Waals surface area (Å²) in [4.78, 5) is 22.3. The van der Waals surface area contributed by atoms with Crippen LogP contribution in [0.3, 0.4) is 0 Å². The number of rotatable bonds is 4. The Bertz CT molecular complexity index is 512. The normalized spacial score (nSPS) is 18.5. The summed E-state index contributed by atoms with van der Waals surface area (Å²) in [7, 11) is 0. The topological polar surface area (TPSA) is 107 Å². The van der Waals surface area contributed by atoms with Gasteiger partial charge in [0.15, 0.2) is 0 Å². The number of nitrogens with one attached hydrogen (secondary N) is 1. The van der Waals surface area contributed by atoms with E-state index in [1.807, 2.05) is 0 Å². The molecule has 0 saturated carbocycles. The lowest BCUT2D eigenvalue weighted by Gasteiger charge is -2.22. The molecule has 0 spiro atoms. The SMILES string of the molecule is Nc1ccc([N+](=O)[O-])c(C(=O)NCC2CCCCO2)c1. The molecule has 0 bridgehead atoms. The van der Waals surface area contributed by atoms with Gasteiger partial charge in [-0.1, -0.05) is 0 Å². The van der Waals surface area contributed by atoms with Crippen molar-refractivity contribution in [3.8, 4) is 0 Å². The number of nitrogens with zero attached hydrogens (tertiary/aromatic N) is 1. The van der Waals surface area contributed by atoms with Gasteiger partial charge in [0, 0.05) is 24.9 Å². The smallest absolute Gasteiger partial charge is 0.282 e. The Kier molecular flexibility index (Phi) is 4.52. The lowest BCUT2D eigenvalue weighted by Crippen LogP contribution is -2.35. The number of nitrogens with two attached hydrogens (primary N) is 1. The van der Waals surface area contributed by atoms with Crippen LogP contribution in [0.4, 0.5) is 11.4 Å². The number of ether oxygens (including phenoxy) is 1. The minimum absolute atomic E-state index is 0.0205. The summed E-state index contributed by atoms with van der Waals surface area (Å²) in [5.41, 5.74) is 5.62. The van der Waals surface area contributed by atoms with Gasteiger partial charge >= 0.3 is 0 Å². The molecule has 1 aromatic carbocycles. The van der Waals surface area contributed by atoms with Gasteiger partial charge in [-0.05, 0) is 31.4 Å². The predicted molar refractivity (Wildman–Crippen MR) is 73.4 cm³/mol. The monoisotopic (exact) mass is 279 g/mol. The van der Waals surface area contributed by atoms with Crippen molar-refractivity contribution in [2.75, 3.05) is 18.9 Å². The van der Waals surface area contributed by atoms with Crippen LogP contribution in [0.2, 0.25) is 0 Å². The van der Waals surface area contributed by atoms with Gasteiger partial charge in [-0.3, -0.25) is 14.9 Å². The molecule has 108 valence electrons. The number of anilines is 1. The number of nitrogen functional groups attached to an aromatic ring is 1. The Morgan fingerprint density at radius 1 is 1.50 bits per heavy atom. The Morgan fingerprint density at radius 3 is 2.95 bits per heavy atom. The molecule has 1 heterocycles. The van der Waals surface area contributed by atoms with E-state index in [0.29, 0.717) is 18.8 Å². The summed E-state index contributed by atoms with van der Waals surface area (Å²) in [6.07, 6.45) is 2.97. The molecule has 1 unspecified atom stereocenters. The van der Waals surface area contributed by atoms with E-state index < -0.39 is 10.8 Å². The van der Waals surface area contributed by atoms with Gasteiger partial charge in [0.05, 0.1) is 11.0 Å². The third kappa shape index (κ3) is 3.45. The van der Waals surface area contributed by atoms with E-state index in [4.69, 9.17) is 10.5 Å². The number of carbonyl (C=O) groups excluding carboxylic acids is 1. The van der Waals surface area contributed by atoms with Gasteiger partial charge in [0.2, 0.25) is 0 Å². The molecule has 0 aromatic heterocycles. The van der Waals surface area contributed by atoms with Gasteiger partial charge in [-0.15, -0.1) is 0 Å². The summed E-state index contributed by atoms with van der Waals surface area (Å²) < 4.78 is 5.49. The summed E-state index contributed by atoms with van der Waals surface area (Å²) in [6.45, 7) is 1.05. The third-order valence-corrected chi connectivity index (χ3v) is 3.23. The second kappa shape index (κ2) is 6.33. The van der Waals surface area contributed by atoms with Crippen LogP contribution in [0, 0.1) is 10.1 Å². The largest absolute Gasteiger partial charge is 0.399 e. The van der Waals surface area contributed by atoms with Crippen LogP contribution in [0.5, 0.6) is 0 Å². The molecule has 1 aliphatic rings. The van der Waals surface area contributed by atoms with Crippen molar-refractivity contribution in [3.63, 3.8) is 0 Å². The highest BCUT2D eigenvalue weighted by atomic mass is 16.6. The number of hydrogen-bond donors (Lipinski definition) is 2. The van der Waals surface area contributed by atoms with Crippen LogP contribution >= 0.6 is 0 Å². The number of carbonyl (C=O) groups is 1. The third-order valence-electron chi connectivity index (χ3n) is 3.23. The van der Waals surface area contributed by atoms with Crippen molar-refractivity contribution in [1.29, 1.82) is 0 Å².